The van der Waals surface area contributed by atoms with Crippen LogP contribution < -0.4 is 4.74 Å². The topological polar surface area (TPSA) is 43.4 Å². The molecule has 0 aliphatic heterocycles. The molecule has 0 unspecified atom stereocenters. The lowest BCUT2D eigenvalue weighted by molar-refractivity contribution is 0.304. The fourth-order valence-electron chi connectivity index (χ4n) is 1.51. The monoisotopic (exact) mass is 354 g/mol. The second kappa shape index (κ2) is 7.36. The van der Waals surface area contributed by atoms with Gasteiger partial charge in [-0.15, -0.1) is 0 Å². The number of halogens is 2. The number of hydrogen-bond acceptors (Lipinski definition) is 3. The number of aryl methyl sites for hydroxylation is 1. The van der Waals surface area contributed by atoms with E-state index in [1.54, 1.807) is 0 Å². The number of ether oxygens (including phenoxy) is 1. The summed E-state index contributed by atoms with van der Waals surface area (Å²) in [6.07, 6.45) is 2.19. The van der Waals surface area contributed by atoms with Crippen molar-refractivity contribution in [2.45, 2.75) is 26.2 Å². The molecule has 0 radical (unpaired) electrons. The highest BCUT2D eigenvalue weighted by atomic mass is 79.9. The van der Waals surface area contributed by atoms with Crippen LogP contribution in [0.15, 0.2) is 22.7 Å². The molecule has 0 N–H and O–H groups in total. The van der Waals surface area contributed by atoms with Crippen LogP contribution in [0.3, 0.4) is 0 Å². The van der Waals surface area contributed by atoms with Gasteiger partial charge in [-0.05, 0) is 49.9 Å². The number of rotatable bonds is 7. The van der Waals surface area contributed by atoms with Crippen LogP contribution >= 0.6 is 26.6 Å². The van der Waals surface area contributed by atoms with Gasteiger partial charge >= 0.3 is 0 Å². The van der Waals surface area contributed by atoms with E-state index in [9.17, 15) is 8.42 Å². The zero-order chi connectivity index (χ0) is 13.6. The minimum Gasteiger partial charge on any atom is -0.493 e. The average Bonchev–Trinajstić information content (AvgIpc) is 2.24. The molecular weight excluding hydrogens is 340 g/mol. The molecule has 18 heavy (non-hydrogen) atoms. The van der Waals surface area contributed by atoms with Gasteiger partial charge in [-0.2, -0.15) is 0 Å². The van der Waals surface area contributed by atoms with Crippen molar-refractivity contribution in [1.82, 2.24) is 0 Å². The summed E-state index contributed by atoms with van der Waals surface area (Å²) in [6, 6.07) is 5.85. The summed E-state index contributed by atoms with van der Waals surface area (Å²) in [6.45, 7) is 2.57. The van der Waals surface area contributed by atoms with E-state index in [2.05, 4.69) is 15.9 Å². The first-order chi connectivity index (χ1) is 8.38. The number of hydrogen-bond donors (Lipinski definition) is 0. The standard InChI is InChI=1S/C12H16BrClO3S/c1-10-9-11(13)5-6-12(10)17-7-3-2-4-8-18(14,15)16/h5-6,9H,2-4,7-8H2,1H3. The Kier molecular flexibility index (Phi) is 6.46. The second-order valence-corrected chi connectivity index (χ2v) is 7.87. The van der Waals surface area contributed by atoms with Crippen LogP contribution in [0.25, 0.3) is 0 Å². The molecule has 0 bridgehead atoms. The minimum absolute atomic E-state index is 0.0336. The van der Waals surface area contributed by atoms with Gasteiger partial charge in [0.2, 0.25) is 9.05 Å². The smallest absolute Gasteiger partial charge is 0.232 e. The SMILES string of the molecule is Cc1cc(Br)ccc1OCCCCCS(=O)(=O)Cl. The van der Waals surface area contributed by atoms with Crippen molar-refractivity contribution in [3.63, 3.8) is 0 Å². The molecule has 0 spiro atoms. The predicted octanol–water partition coefficient (Wildman–Crippen LogP) is 3.88. The Bertz CT molecular complexity index is 488. The maximum absolute atomic E-state index is 10.7. The van der Waals surface area contributed by atoms with Crippen molar-refractivity contribution < 1.29 is 13.2 Å². The summed E-state index contributed by atoms with van der Waals surface area (Å²) >= 11 is 3.39. The second-order valence-electron chi connectivity index (χ2n) is 4.06. The van der Waals surface area contributed by atoms with Gasteiger partial charge in [0.1, 0.15) is 5.75 Å². The van der Waals surface area contributed by atoms with E-state index in [0.717, 1.165) is 28.6 Å². The van der Waals surface area contributed by atoms with Crippen LogP contribution in [-0.4, -0.2) is 20.8 Å². The van der Waals surface area contributed by atoms with Crippen molar-refractivity contribution in [2.24, 2.45) is 0 Å². The zero-order valence-corrected chi connectivity index (χ0v) is 13.3. The molecule has 1 rings (SSSR count). The molecule has 0 aliphatic carbocycles. The molecule has 0 saturated carbocycles. The number of benzene rings is 1. The highest BCUT2D eigenvalue weighted by Crippen LogP contribution is 2.22. The van der Waals surface area contributed by atoms with E-state index in [1.165, 1.54) is 0 Å². The molecule has 0 heterocycles. The molecule has 1 aromatic rings. The summed E-state index contributed by atoms with van der Waals surface area (Å²) in [4.78, 5) is 0. The fourth-order valence-corrected chi connectivity index (χ4v) is 2.86. The first-order valence-electron chi connectivity index (χ1n) is 5.70. The Labute approximate surface area is 121 Å². The number of unbranched alkanes of at least 4 members (excludes halogenated alkanes) is 2. The zero-order valence-electron chi connectivity index (χ0n) is 10.2. The van der Waals surface area contributed by atoms with E-state index in [4.69, 9.17) is 15.4 Å². The van der Waals surface area contributed by atoms with Crippen LogP contribution in [0.4, 0.5) is 0 Å². The van der Waals surface area contributed by atoms with Gasteiger partial charge < -0.3 is 4.74 Å². The van der Waals surface area contributed by atoms with Crippen LogP contribution in [-0.2, 0) is 9.05 Å². The van der Waals surface area contributed by atoms with Gasteiger partial charge in [-0.1, -0.05) is 15.9 Å². The van der Waals surface area contributed by atoms with E-state index in [-0.39, 0.29) is 5.75 Å². The van der Waals surface area contributed by atoms with E-state index in [1.807, 2.05) is 25.1 Å². The highest BCUT2D eigenvalue weighted by Gasteiger charge is 2.04. The Morgan fingerprint density at radius 3 is 2.61 bits per heavy atom. The van der Waals surface area contributed by atoms with Gasteiger partial charge in [-0.25, -0.2) is 8.42 Å². The molecule has 0 aromatic heterocycles. The summed E-state index contributed by atoms with van der Waals surface area (Å²) in [5, 5.41) is 0. The summed E-state index contributed by atoms with van der Waals surface area (Å²) in [5.41, 5.74) is 1.08. The van der Waals surface area contributed by atoms with E-state index in [0.29, 0.717) is 13.0 Å². The Balaban J connectivity index is 2.22. The lowest BCUT2D eigenvalue weighted by Gasteiger charge is -2.09. The lowest BCUT2D eigenvalue weighted by Crippen LogP contribution is -2.01. The van der Waals surface area contributed by atoms with Gasteiger partial charge in [-0.3, -0.25) is 0 Å². The lowest BCUT2D eigenvalue weighted by atomic mass is 10.2. The molecular formula is C12H16BrClO3S. The predicted molar refractivity (Wildman–Crippen MR) is 77.9 cm³/mol. The molecule has 0 aliphatic rings. The molecule has 0 saturated heterocycles. The van der Waals surface area contributed by atoms with Crippen LogP contribution in [0, 0.1) is 6.92 Å². The van der Waals surface area contributed by atoms with Gasteiger partial charge in [0, 0.05) is 15.2 Å². The molecule has 0 fully saturated rings. The minimum atomic E-state index is -3.35. The van der Waals surface area contributed by atoms with Crippen LogP contribution in [0.1, 0.15) is 24.8 Å². The first-order valence-corrected chi connectivity index (χ1v) is 8.97. The Morgan fingerprint density at radius 1 is 1.28 bits per heavy atom. The molecule has 3 nitrogen and oxygen atoms in total. The third kappa shape index (κ3) is 6.61. The van der Waals surface area contributed by atoms with Crippen molar-refractivity contribution in [3.8, 4) is 5.75 Å². The van der Waals surface area contributed by atoms with Crippen LogP contribution in [0.5, 0.6) is 5.75 Å². The van der Waals surface area contributed by atoms with Crippen molar-refractivity contribution in [2.75, 3.05) is 12.4 Å². The Morgan fingerprint density at radius 2 is 2.00 bits per heavy atom. The molecule has 102 valence electrons. The maximum Gasteiger partial charge on any atom is 0.232 e. The Hall–Kier alpha value is -0.260. The summed E-state index contributed by atoms with van der Waals surface area (Å²) < 4.78 is 28.0. The van der Waals surface area contributed by atoms with Gasteiger partial charge in [0.15, 0.2) is 0 Å². The first kappa shape index (κ1) is 15.8. The van der Waals surface area contributed by atoms with Crippen molar-refractivity contribution >= 4 is 35.7 Å². The normalized spacial score (nSPS) is 11.5. The maximum atomic E-state index is 10.7. The molecule has 0 amide bonds. The van der Waals surface area contributed by atoms with E-state index >= 15 is 0 Å². The molecule has 1 aromatic carbocycles. The third-order valence-electron chi connectivity index (χ3n) is 2.43. The van der Waals surface area contributed by atoms with Gasteiger partial charge in [0.05, 0.1) is 12.4 Å². The molecule has 0 atom stereocenters. The van der Waals surface area contributed by atoms with Gasteiger partial charge in [0.25, 0.3) is 0 Å². The van der Waals surface area contributed by atoms with E-state index < -0.39 is 9.05 Å². The van der Waals surface area contributed by atoms with Crippen molar-refractivity contribution in [1.29, 1.82) is 0 Å². The molecule has 6 heteroatoms. The summed E-state index contributed by atoms with van der Waals surface area (Å²) in [7, 11) is 1.77. The third-order valence-corrected chi connectivity index (χ3v) is 4.16. The van der Waals surface area contributed by atoms with Crippen LogP contribution in [0.2, 0.25) is 0 Å². The quantitative estimate of drug-likeness (QED) is 0.551. The fraction of sp³-hybridized carbons (Fsp3) is 0.500. The van der Waals surface area contributed by atoms with Crippen molar-refractivity contribution in [3.05, 3.63) is 28.2 Å². The average molecular weight is 356 g/mol. The largest absolute Gasteiger partial charge is 0.493 e. The highest BCUT2D eigenvalue weighted by molar-refractivity contribution is 9.10. The summed E-state index contributed by atoms with van der Waals surface area (Å²) in [5.74, 6) is 0.898.